The molecule has 0 aliphatic rings. The molecule has 1 rings (SSSR count). The highest BCUT2D eigenvalue weighted by atomic mass is 14.9. The van der Waals surface area contributed by atoms with Crippen LogP contribution < -0.4 is 5.73 Å². The Morgan fingerprint density at radius 1 is 1.38 bits per heavy atom. The Morgan fingerprint density at radius 2 is 2.08 bits per heavy atom. The fraction of sp³-hybridized carbons (Fsp3) is 0.364. The van der Waals surface area contributed by atoms with E-state index in [0.717, 1.165) is 12.1 Å². The Balaban J connectivity index is 3.09. The minimum atomic E-state index is 0.689. The first-order valence-corrected chi connectivity index (χ1v) is 4.54. The van der Waals surface area contributed by atoms with Crippen LogP contribution in [0.3, 0.4) is 0 Å². The van der Waals surface area contributed by atoms with Crippen molar-refractivity contribution >= 4 is 11.5 Å². The molecule has 0 radical (unpaired) electrons. The number of nitrogens with zero attached hydrogens (tertiary/aromatic N) is 1. The van der Waals surface area contributed by atoms with E-state index in [0.29, 0.717) is 5.84 Å². The lowest BCUT2D eigenvalue weighted by Gasteiger charge is -2.04. The molecular weight excluding hydrogens is 160 g/mol. The minimum absolute atomic E-state index is 0.689. The first kappa shape index (κ1) is 9.78. The van der Waals surface area contributed by atoms with Crippen LogP contribution in [0, 0.1) is 13.8 Å². The molecule has 0 fully saturated rings. The van der Waals surface area contributed by atoms with Crippen LogP contribution in [0.25, 0.3) is 0 Å². The predicted octanol–water partition coefficient (Wildman–Crippen LogP) is 2.70. The summed E-state index contributed by atoms with van der Waals surface area (Å²) in [5.74, 6) is 0.689. The van der Waals surface area contributed by atoms with Crippen LogP contribution in [0.5, 0.6) is 0 Å². The van der Waals surface area contributed by atoms with Crippen molar-refractivity contribution < 1.29 is 0 Å². The lowest BCUT2D eigenvalue weighted by Crippen LogP contribution is -2.08. The summed E-state index contributed by atoms with van der Waals surface area (Å²) in [5, 5.41) is 0. The Morgan fingerprint density at radius 3 is 2.69 bits per heavy atom. The average Bonchev–Trinajstić information content (AvgIpc) is 2.13. The third kappa shape index (κ3) is 2.31. The standard InChI is InChI=1S/C11H16N2/c1-4-11(12)13-10-7-5-6-8(2)9(10)3/h5-7H,4H2,1-3H3,(H2,12,13). The smallest absolute Gasteiger partial charge is 0.0993 e. The van der Waals surface area contributed by atoms with Gasteiger partial charge in [0.1, 0.15) is 0 Å². The van der Waals surface area contributed by atoms with E-state index in [1.54, 1.807) is 0 Å². The lowest BCUT2D eigenvalue weighted by molar-refractivity contribution is 1.22. The Hall–Kier alpha value is -1.31. The van der Waals surface area contributed by atoms with Crippen molar-refractivity contribution in [3.63, 3.8) is 0 Å². The fourth-order valence-corrected chi connectivity index (χ4v) is 1.09. The summed E-state index contributed by atoms with van der Waals surface area (Å²) in [4.78, 5) is 4.33. The summed E-state index contributed by atoms with van der Waals surface area (Å²) < 4.78 is 0. The van der Waals surface area contributed by atoms with Gasteiger partial charge in [-0.3, -0.25) is 0 Å². The highest BCUT2D eigenvalue weighted by Crippen LogP contribution is 2.20. The first-order chi connectivity index (χ1) is 6.15. The minimum Gasteiger partial charge on any atom is -0.387 e. The molecule has 1 aromatic rings. The summed E-state index contributed by atoms with van der Waals surface area (Å²) in [6.07, 6.45) is 0.799. The van der Waals surface area contributed by atoms with Gasteiger partial charge in [-0.1, -0.05) is 19.1 Å². The van der Waals surface area contributed by atoms with Gasteiger partial charge in [0, 0.05) is 6.42 Å². The summed E-state index contributed by atoms with van der Waals surface area (Å²) >= 11 is 0. The maximum Gasteiger partial charge on any atom is 0.0993 e. The number of aryl methyl sites for hydroxylation is 1. The zero-order chi connectivity index (χ0) is 9.84. The van der Waals surface area contributed by atoms with Crippen LogP contribution in [-0.2, 0) is 0 Å². The number of hydrogen-bond acceptors (Lipinski definition) is 1. The molecule has 2 nitrogen and oxygen atoms in total. The molecule has 0 aromatic heterocycles. The monoisotopic (exact) mass is 176 g/mol. The van der Waals surface area contributed by atoms with Crippen molar-refractivity contribution in [2.75, 3.05) is 0 Å². The number of rotatable bonds is 2. The highest BCUT2D eigenvalue weighted by Gasteiger charge is 1.98. The molecule has 0 heterocycles. The Kier molecular flexibility index (Phi) is 3.07. The second-order valence-electron chi connectivity index (χ2n) is 3.18. The van der Waals surface area contributed by atoms with Gasteiger partial charge in [0.25, 0.3) is 0 Å². The molecule has 0 atom stereocenters. The van der Waals surface area contributed by atoms with Crippen molar-refractivity contribution in [1.29, 1.82) is 0 Å². The van der Waals surface area contributed by atoms with Crippen LogP contribution in [-0.4, -0.2) is 5.84 Å². The maximum absolute atomic E-state index is 5.67. The van der Waals surface area contributed by atoms with Gasteiger partial charge in [0.15, 0.2) is 0 Å². The van der Waals surface area contributed by atoms with E-state index in [1.165, 1.54) is 11.1 Å². The molecule has 2 N–H and O–H groups in total. The average molecular weight is 176 g/mol. The Labute approximate surface area is 79.5 Å². The zero-order valence-corrected chi connectivity index (χ0v) is 8.46. The second-order valence-corrected chi connectivity index (χ2v) is 3.18. The number of nitrogens with two attached hydrogens (primary N) is 1. The topological polar surface area (TPSA) is 38.4 Å². The fourth-order valence-electron chi connectivity index (χ4n) is 1.09. The maximum atomic E-state index is 5.67. The summed E-state index contributed by atoms with van der Waals surface area (Å²) in [5.41, 5.74) is 9.12. The zero-order valence-electron chi connectivity index (χ0n) is 8.46. The van der Waals surface area contributed by atoms with Gasteiger partial charge in [-0.2, -0.15) is 0 Å². The van der Waals surface area contributed by atoms with E-state index in [4.69, 9.17) is 5.73 Å². The van der Waals surface area contributed by atoms with Gasteiger partial charge < -0.3 is 5.73 Å². The third-order valence-corrected chi connectivity index (χ3v) is 2.20. The molecule has 0 bridgehead atoms. The molecule has 0 saturated heterocycles. The van der Waals surface area contributed by atoms with Crippen molar-refractivity contribution in [3.05, 3.63) is 29.3 Å². The summed E-state index contributed by atoms with van der Waals surface area (Å²) in [6.45, 7) is 6.15. The molecule has 0 saturated carbocycles. The first-order valence-electron chi connectivity index (χ1n) is 4.54. The van der Waals surface area contributed by atoms with Crippen LogP contribution in [0.1, 0.15) is 24.5 Å². The molecule has 0 spiro atoms. The molecule has 0 aliphatic heterocycles. The normalized spacial score (nSPS) is 11.8. The van der Waals surface area contributed by atoms with Crippen molar-refractivity contribution in [1.82, 2.24) is 0 Å². The largest absolute Gasteiger partial charge is 0.387 e. The molecule has 2 heteroatoms. The van der Waals surface area contributed by atoms with Gasteiger partial charge in [0.05, 0.1) is 11.5 Å². The molecule has 0 amide bonds. The molecule has 0 unspecified atom stereocenters. The van der Waals surface area contributed by atoms with Crippen LogP contribution >= 0.6 is 0 Å². The number of aliphatic imine (C=N–C) groups is 1. The number of benzene rings is 1. The van der Waals surface area contributed by atoms with Crippen LogP contribution in [0.4, 0.5) is 5.69 Å². The van der Waals surface area contributed by atoms with E-state index >= 15 is 0 Å². The Bertz CT molecular complexity index is 327. The van der Waals surface area contributed by atoms with Gasteiger partial charge in [-0.05, 0) is 31.0 Å². The van der Waals surface area contributed by atoms with Crippen molar-refractivity contribution in [2.45, 2.75) is 27.2 Å². The van der Waals surface area contributed by atoms with Gasteiger partial charge >= 0.3 is 0 Å². The van der Waals surface area contributed by atoms with Gasteiger partial charge in [-0.15, -0.1) is 0 Å². The van der Waals surface area contributed by atoms with E-state index in [1.807, 2.05) is 19.1 Å². The molecule has 13 heavy (non-hydrogen) atoms. The molecule has 70 valence electrons. The SMILES string of the molecule is CCC(N)=Nc1cccc(C)c1C. The summed E-state index contributed by atoms with van der Waals surface area (Å²) in [7, 11) is 0. The highest BCUT2D eigenvalue weighted by molar-refractivity contribution is 5.83. The van der Waals surface area contributed by atoms with Gasteiger partial charge in [-0.25, -0.2) is 4.99 Å². The molecular formula is C11H16N2. The van der Waals surface area contributed by atoms with Crippen molar-refractivity contribution in [3.8, 4) is 0 Å². The van der Waals surface area contributed by atoms with E-state index in [2.05, 4.69) is 24.9 Å². The number of hydrogen-bond donors (Lipinski definition) is 1. The van der Waals surface area contributed by atoms with Crippen molar-refractivity contribution in [2.24, 2.45) is 10.7 Å². The van der Waals surface area contributed by atoms with Crippen LogP contribution in [0.15, 0.2) is 23.2 Å². The lowest BCUT2D eigenvalue weighted by atomic mass is 10.1. The molecule has 1 aromatic carbocycles. The second kappa shape index (κ2) is 4.08. The van der Waals surface area contributed by atoms with E-state index in [-0.39, 0.29) is 0 Å². The summed E-state index contributed by atoms with van der Waals surface area (Å²) in [6, 6.07) is 6.07. The van der Waals surface area contributed by atoms with E-state index in [9.17, 15) is 0 Å². The third-order valence-electron chi connectivity index (χ3n) is 2.20. The predicted molar refractivity (Wildman–Crippen MR) is 57.5 cm³/mol. The quantitative estimate of drug-likeness (QED) is 0.546. The van der Waals surface area contributed by atoms with Crippen LogP contribution in [0.2, 0.25) is 0 Å². The number of amidine groups is 1. The van der Waals surface area contributed by atoms with E-state index < -0.39 is 0 Å². The molecule has 0 aliphatic carbocycles. The van der Waals surface area contributed by atoms with Gasteiger partial charge in [0.2, 0.25) is 0 Å².